The quantitative estimate of drug-likeness (QED) is 0.00648. The van der Waals surface area contributed by atoms with Crippen molar-refractivity contribution in [2.24, 2.45) is 28.2 Å². The van der Waals surface area contributed by atoms with Gasteiger partial charge in [0.1, 0.15) is 66.5 Å². The molecule has 0 bridgehead atoms. The van der Waals surface area contributed by atoms with Crippen LogP contribution in [0.3, 0.4) is 0 Å². The van der Waals surface area contributed by atoms with Crippen LogP contribution in [-0.2, 0) is 92.8 Å². The van der Waals surface area contributed by atoms with Gasteiger partial charge in [-0.3, -0.25) is 77.5 Å². The van der Waals surface area contributed by atoms with Gasteiger partial charge >= 0.3 is 0 Å². The summed E-state index contributed by atoms with van der Waals surface area (Å²) in [5.74, 6) is -14.6. The number of fused-ring (bicyclic) bond motifs is 1. The Kier molecular flexibility index (Phi) is 32.2. The van der Waals surface area contributed by atoms with Gasteiger partial charge in [0.05, 0.1) is 6.42 Å². The molecule has 11 atom stereocenters. The highest BCUT2D eigenvalue weighted by Gasteiger charge is 2.41. The van der Waals surface area contributed by atoms with E-state index in [9.17, 15) is 58.3 Å². The van der Waals surface area contributed by atoms with E-state index in [-0.39, 0.29) is 89.9 Å². The highest BCUT2D eigenvalue weighted by atomic mass is 35.5. The highest BCUT2D eigenvalue weighted by molar-refractivity contribution is 6.30. The van der Waals surface area contributed by atoms with Crippen molar-refractivity contribution in [2.45, 2.75) is 164 Å². The first-order valence-electron chi connectivity index (χ1n) is 35.5. The Balaban J connectivity index is 1.23. The van der Waals surface area contributed by atoms with Crippen molar-refractivity contribution in [3.63, 3.8) is 0 Å². The van der Waals surface area contributed by atoms with E-state index >= 15 is 14.4 Å². The van der Waals surface area contributed by atoms with Gasteiger partial charge in [-0.15, -0.1) is 0 Å². The lowest BCUT2D eigenvalue weighted by molar-refractivity contribution is -0.142. The van der Waals surface area contributed by atoms with Gasteiger partial charge in [-0.1, -0.05) is 116 Å². The molecule has 580 valence electrons. The summed E-state index contributed by atoms with van der Waals surface area (Å²) < 4.78 is 0. The molecule has 1 aromatic heterocycles. The van der Waals surface area contributed by atoms with E-state index in [0.29, 0.717) is 33.7 Å². The molecule has 2 aliphatic heterocycles. The van der Waals surface area contributed by atoms with Gasteiger partial charge in [-0.25, -0.2) is 0 Å². The van der Waals surface area contributed by atoms with Crippen LogP contribution in [0.1, 0.15) is 94.4 Å². The fourth-order valence-corrected chi connectivity index (χ4v) is 12.5. The van der Waals surface area contributed by atoms with Gasteiger partial charge in [0.25, 0.3) is 0 Å². The summed E-state index contributed by atoms with van der Waals surface area (Å²) in [6.07, 6.45) is -0.532. The third kappa shape index (κ3) is 26.7. The van der Waals surface area contributed by atoms with E-state index < -0.39 is 168 Å². The molecule has 36 heteroatoms. The number of rotatable bonds is 30. The Morgan fingerprint density at radius 2 is 1.28 bits per heavy atom. The van der Waals surface area contributed by atoms with E-state index in [2.05, 4.69) is 78.8 Å². The number of likely N-dealkylation sites (tertiary alicyclic amines) is 1. The Morgan fingerprint density at radius 3 is 1.92 bits per heavy atom. The Morgan fingerprint density at radius 1 is 0.670 bits per heavy atom. The van der Waals surface area contributed by atoms with Gasteiger partial charge in [0, 0.05) is 87.5 Å². The zero-order chi connectivity index (χ0) is 79.3. The molecule has 35 nitrogen and oxygen atoms in total. The number of primary amides is 1. The molecule has 3 heterocycles. The van der Waals surface area contributed by atoms with Crippen molar-refractivity contribution in [3.8, 4) is 0 Å². The number of pyridine rings is 1. The molecule has 0 spiro atoms. The molecule has 19 N–H and O–H groups in total. The molecule has 0 aliphatic carbocycles. The number of azide groups is 1. The smallest absolute Gasteiger partial charge is 0.245 e. The fourth-order valence-electron chi connectivity index (χ4n) is 12.4. The zero-order valence-corrected chi connectivity index (χ0v) is 61.1. The van der Waals surface area contributed by atoms with Crippen molar-refractivity contribution in [1.29, 1.82) is 5.41 Å². The summed E-state index contributed by atoms with van der Waals surface area (Å²) in [6.45, 7) is 3.91. The van der Waals surface area contributed by atoms with Gasteiger partial charge in [0.15, 0.2) is 5.96 Å². The molecular weight excluding hydrogens is 1430 g/mol. The van der Waals surface area contributed by atoms with Crippen molar-refractivity contribution >= 4 is 111 Å². The van der Waals surface area contributed by atoms with E-state index in [1.54, 1.807) is 80.6 Å². The minimum atomic E-state index is -2.14. The summed E-state index contributed by atoms with van der Waals surface area (Å²) in [5, 5.41) is 44.1. The van der Waals surface area contributed by atoms with Crippen LogP contribution in [0.4, 0.5) is 0 Å². The Labute approximate surface area is 632 Å². The predicted octanol–water partition coefficient (Wildman–Crippen LogP) is -1.09. The topological polar surface area (TPSA) is 550 Å². The lowest BCUT2D eigenvalue weighted by Crippen LogP contribution is -2.62. The summed E-state index contributed by atoms with van der Waals surface area (Å²) in [5.41, 5.74) is 28.1. The van der Waals surface area contributed by atoms with Crippen LogP contribution in [0.2, 0.25) is 5.02 Å². The third-order valence-electron chi connectivity index (χ3n) is 17.9. The first-order chi connectivity index (χ1) is 52.1. The Bertz CT molecular complexity index is 4170. The minimum absolute atomic E-state index is 0.0187. The summed E-state index contributed by atoms with van der Waals surface area (Å²) in [7, 11) is 0. The molecule has 0 saturated carbocycles. The van der Waals surface area contributed by atoms with Gasteiger partial charge < -0.3 is 85.9 Å². The SMILES string of the molecule is CC(=O)N[C@H](Cc1ccc2ccccc2c1)C(=O)N[C@H](Cc1ccc(Cl)cc1)C(=O)N[C@H](Cc1cccnc1)C(=O)N[C@@H](CC(=O)N=[N+]=[N-])C(=O)N[C@H]1CC(=O)N[C@@H](Cc2ccccc2)C(=O)NCC[C@@H](C(=O)N2CCC[C@H]2C(=O)NC(CN)C(N)=O)NC(=O)[C@H](CC(C)C)NC(=O)[C@@H](CCCNC(=N)N)NC1=O. The zero-order valence-electron chi connectivity index (χ0n) is 60.4. The predicted molar refractivity (Wildman–Crippen MR) is 398 cm³/mol. The number of carbonyl (C=O) groups is 14. The second-order valence-corrected chi connectivity index (χ2v) is 27.3. The first kappa shape index (κ1) is 84.2. The summed E-state index contributed by atoms with van der Waals surface area (Å²) in [4.78, 5) is 208. The number of nitrogens with zero attached hydrogens (tertiary/aromatic N) is 5. The number of amides is 14. The monoisotopic (exact) mass is 1520 g/mol. The van der Waals surface area contributed by atoms with Gasteiger partial charge in [0.2, 0.25) is 82.7 Å². The van der Waals surface area contributed by atoms with Crippen LogP contribution in [0, 0.1) is 11.3 Å². The second-order valence-electron chi connectivity index (χ2n) is 26.8. The lowest BCUT2D eigenvalue weighted by atomic mass is 9.99. The van der Waals surface area contributed by atoms with Gasteiger partial charge in [-0.05, 0) is 106 Å². The molecule has 2 saturated heterocycles. The minimum Gasteiger partial charge on any atom is -0.370 e. The number of nitrogens with one attached hydrogen (secondary N) is 13. The molecule has 5 aromatic rings. The number of benzene rings is 4. The molecule has 0 radical (unpaired) electrons. The number of hydrogen-bond donors (Lipinski definition) is 16. The largest absolute Gasteiger partial charge is 0.370 e. The van der Waals surface area contributed by atoms with Crippen molar-refractivity contribution in [3.05, 3.63) is 159 Å². The maximum Gasteiger partial charge on any atom is 0.245 e. The number of carbonyl (C=O) groups excluding carboxylic acids is 14. The van der Waals surface area contributed by atoms with E-state index in [0.717, 1.165) is 10.8 Å². The van der Waals surface area contributed by atoms with Crippen LogP contribution in [-0.4, -0.2) is 191 Å². The molecule has 14 amide bonds. The van der Waals surface area contributed by atoms with E-state index in [1.807, 2.05) is 36.4 Å². The Hall–Kier alpha value is -12.1. The first-order valence-corrected chi connectivity index (χ1v) is 35.8. The molecule has 2 aliphatic rings. The second kappa shape index (κ2) is 41.7. The summed E-state index contributed by atoms with van der Waals surface area (Å²) >= 11 is 6.25. The number of halogens is 1. The maximum atomic E-state index is 15.2. The average molecular weight is 1520 g/mol. The van der Waals surface area contributed by atoms with Crippen LogP contribution in [0.15, 0.2) is 127 Å². The third-order valence-corrected chi connectivity index (χ3v) is 18.1. The van der Waals surface area contributed by atoms with Crippen LogP contribution in [0.5, 0.6) is 0 Å². The molecule has 109 heavy (non-hydrogen) atoms. The van der Waals surface area contributed by atoms with Crippen LogP contribution < -0.4 is 81.0 Å². The average Bonchev–Trinajstić information content (AvgIpc) is 1.79. The molecule has 1 unspecified atom stereocenters. The van der Waals surface area contributed by atoms with Gasteiger partial charge in [-0.2, -0.15) is 0 Å². The lowest BCUT2D eigenvalue weighted by Gasteiger charge is -2.31. The summed E-state index contributed by atoms with van der Waals surface area (Å²) in [6, 6.07) is 13.4. The standard InChI is InChI=1S/C73H92ClN21O14/c1-40(2)30-51-65(102)86-50(72(109)95-29-11-18-59(95)71(108)92-58(38-75)62(76)99)25-28-81-63(100)52(32-42-12-5-4-6-13-42)84-60(97)36-56(69(106)85-49(64(101)87-51)17-10-27-82-73(77)78)90-70(107)57(37-61(98)93-94-79)91-68(105)55(35-45-14-9-26-80-39-45)89-67(104)54(33-43-20-23-48(74)24-21-43)88-66(103)53(83-41(3)96)34-44-19-22-46-15-7-8-16-47(46)31-44/h4-9,12-16,19-24,26,31,39-40,49-59H,10-11,17-18,25,27-30,32-38,75H2,1-3H3,(H2,76,99)(H,81,100)(H,83,96)(H,84,97)(H,85,106)(H,86,102)(H,87,101)(H,88,103)(H,89,104)(H,90,107)(H,91,105)(H,92,108)(H4,77,78,82)/t49-,50+,51+,52+,53-,54-,55-,56+,57+,58?,59+/m1/s1. The number of guanidine groups is 1. The number of nitrogens with two attached hydrogens (primary N) is 3. The molecule has 7 rings (SSSR count). The van der Waals surface area contributed by atoms with Crippen molar-refractivity contribution in [2.75, 3.05) is 26.2 Å². The normalized spacial score (nSPS) is 19.2. The number of hydrogen-bond acceptors (Lipinski definition) is 17. The van der Waals surface area contributed by atoms with Crippen molar-refractivity contribution in [1.82, 2.24) is 73.7 Å². The molecule has 2 fully saturated rings. The van der Waals surface area contributed by atoms with Crippen LogP contribution >= 0.6 is 11.6 Å². The maximum absolute atomic E-state index is 15.2. The van der Waals surface area contributed by atoms with Crippen LogP contribution in [0.25, 0.3) is 21.2 Å². The van der Waals surface area contributed by atoms with E-state index in [4.69, 9.17) is 34.2 Å². The number of aromatic nitrogens is 1. The van der Waals surface area contributed by atoms with Crippen molar-refractivity contribution < 1.29 is 67.1 Å². The fraction of sp³-hybridized carbons (Fsp3) is 0.425. The van der Waals surface area contributed by atoms with E-state index in [1.165, 1.54) is 30.3 Å². The molecule has 4 aromatic carbocycles. The molecular formula is C73H92ClN21O14. The highest BCUT2D eigenvalue weighted by Crippen LogP contribution is 2.22.